The molecule has 0 aromatic carbocycles. The summed E-state index contributed by atoms with van der Waals surface area (Å²) in [6, 6.07) is 0. The molecule has 1 saturated carbocycles. The van der Waals surface area contributed by atoms with E-state index in [0.717, 1.165) is 24.4 Å². The van der Waals surface area contributed by atoms with Crippen LogP contribution in [0.4, 0.5) is 0 Å². The Labute approximate surface area is 105 Å². The molecule has 1 rings (SSSR count). The molecular formula is C13H29InO. The van der Waals surface area contributed by atoms with Crippen molar-refractivity contribution in [2.75, 3.05) is 13.7 Å². The third-order valence-corrected chi connectivity index (χ3v) is 3.19. The Hall–Kier alpha value is 0.830. The van der Waals surface area contributed by atoms with Gasteiger partial charge in [-0.3, -0.25) is 0 Å². The zero-order chi connectivity index (χ0) is 11.8. The van der Waals surface area contributed by atoms with E-state index < -0.39 is 21.4 Å². The second kappa shape index (κ2) is 8.92. The van der Waals surface area contributed by atoms with E-state index in [-0.39, 0.29) is 0 Å². The van der Waals surface area contributed by atoms with Crippen LogP contribution in [0.2, 0.25) is 14.0 Å². The van der Waals surface area contributed by atoms with Crippen LogP contribution in [0.3, 0.4) is 0 Å². The van der Waals surface area contributed by atoms with Crippen LogP contribution in [0.15, 0.2) is 0 Å². The van der Waals surface area contributed by atoms with Crippen molar-refractivity contribution in [1.82, 2.24) is 0 Å². The number of ether oxygens (including phenoxy) is 1. The van der Waals surface area contributed by atoms with Gasteiger partial charge in [0.2, 0.25) is 0 Å². The third-order valence-electron chi connectivity index (χ3n) is 3.19. The summed E-state index contributed by atoms with van der Waals surface area (Å²) in [5.41, 5.74) is 0. The average molecular weight is 316 g/mol. The van der Waals surface area contributed by atoms with Gasteiger partial charge in [0.25, 0.3) is 0 Å². The molecule has 0 aliphatic heterocycles. The Balaban J connectivity index is 0.000000423. The number of hydrogen-bond donors (Lipinski definition) is 0. The molecule has 0 N–H and O–H groups in total. The van der Waals surface area contributed by atoms with E-state index >= 15 is 0 Å². The van der Waals surface area contributed by atoms with E-state index in [1.54, 1.807) is 7.11 Å². The van der Waals surface area contributed by atoms with Crippen molar-refractivity contribution in [2.45, 2.75) is 47.2 Å². The summed E-state index contributed by atoms with van der Waals surface area (Å²) in [5.74, 6) is 2.79. The number of rotatable bonds is 3. The Kier molecular flexibility index (Phi) is 9.42. The summed E-state index contributed by atoms with van der Waals surface area (Å²) >= 11 is -0.637. The summed E-state index contributed by atoms with van der Waals surface area (Å²) in [6.45, 7) is 5.70. The molecule has 0 saturated heterocycles. The predicted molar refractivity (Wildman–Crippen MR) is 70.9 cm³/mol. The first-order valence-electron chi connectivity index (χ1n) is 6.48. The van der Waals surface area contributed by atoms with Gasteiger partial charge in [0, 0.05) is 13.7 Å². The predicted octanol–water partition coefficient (Wildman–Crippen LogP) is 4.08. The third kappa shape index (κ3) is 7.68. The maximum atomic E-state index is 5.10. The molecule has 2 heteroatoms. The zero-order valence-electron chi connectivity index (χ0n) is 11.5. The van der Waals surface area contributed by atoms with Crippen molar-refractivity contribution in [3.8, 4) is 0 Å². The van der Waals surface area contributed by atoms with E-state index in [0.29, 0.717) is 0 Å². The standard InChI is InChI=1S/C10H20O.3CH3.In/c1-8-4-5-9(2)10(8)6-7-11-3;;;;/h8-10H,4-7H2,1-3H3;3*1H3;. The van der Waals surface area contributed by atoms with Gasteiger partial charge in [0.05, 0.1) is 0 Å². The van der Waals surface area contributed by atoms with E-state index in [2.05, 4.69) is 27.9 Å². The summed E-state index contributed by atoms with van der Waals surface area (Å²) < 4.78 is 12.2. The van der Waals surface area contributed by atoms with Crippen LogP contribution in [0.1, 0.15) is 33.1 Å². The quantitative estimate of drug-likeness (QED) is 0.762. The molecule has 0 aromatic heterocycles. The first-order valence-corrected chi connectivity index (χ1v) is 16.4. The van der Waals surface area contributed by atoms with Gasteiger partial charge in [0.15, 0.2) is 0 Å². The van der Waals surface area contributed by atoms with Crippen LogP contribution in [0.5, 0.6) is 0 Å². The molecule has 90 valence electrons. The fourth-order valence-electron chi connectivity index (χ4n) is 2.34. The van der Waals surface area contributed by atoms with Crippen molar-refractivity contribution in [3.63, 3.8) is 0 Å². The molecule has 0 radical (unpaired) electrons. The first-order chi connectivity index (χ1) is 6.99. The Bertz CT molecular complexity index is 135. The van der Waals surface area contributed by atoms with Gasteiger partial charge in [-0.25, -0.2) is 0 Å². The van der Waals surface area contributed by atoms with Crippen molar-refractivity contribution < 1.29 is 4.74 Å². The SMILES string of the molecule is COCCC1C(C)CCC1C.[CH3][In]([CH3])[CH3]. The van der Waals surface area contributed by atoms with Crippen molar-refractivity contribution in [1.29, 1.82) is 0 Å². The molecular weight excluding hydrogens is 287 g/mol. The van der Waals surface area contributed by atoms with Gasteiger partial charge < -0.3 is 4.74 Å². The molecule has 2 unspecified atom stereocenters. The Morgan fingerprint density at radius 2 is 1.47 bits per heavy atom. The summed E-state index contributed by atoms with van der Waals surface area (Å²) in [7, 11) is 1.80. The van der Waals surface area contributed by atoms with Gasteiger partial charge in [-0.05, 0) is 24.2 Å². The molecule has 1 aliphatic rings. The van der Waals surface area contributed by atoms with Gasteiger partial charge in [-0.15, -0.1) is 0 Å². The van der Waals surface area contributed by atoms with Crippen LogP contribution in [-0.2, 0) is 4.74 Å². The number of methoxy groups -OCH3 is 1. The van der Waals surface area contributed by atoms with Crippen molar-refractivity contribution >= 4 is 21.4 Å². The second-order valence-corrected chi connectivity index (χ2v) is 15.6. The fraction of sp³-hybridized carbons (Fsp3) is 1.00. The van der Waals surface area contributed by atoms with Gasteiger partial charge >= 0.3 is 35.5 Å². The molecule has 0 heterocycles. The zero-order valence-corrected chi connectivity index (χ0v) is 14.8. The molecule has 0 amide bonds. The Morgan fingerprint density at radius 3 is 1.80 bits per heavy atom. The van der Waals surface area contributed by atoms with Crippen molar-refractivity contribution in [3.05, 3.63) is 0 Å². The minimum absolute atomic E-state index is 0.637. The molecule has 1 aliphatic carbocycles. The number of hydrogen-bond acceptors (Lipinski definition) is 1. The molecule has 1 fully saturated rings. The second-order valence-electron chi connectivity index (χ2n) is 5.71. The van der Waals surface area contributed by atoms with E-state index in [1.165, 1.54) is 19.3 Å². The molecule has 2 atom stereocenters. The van der Waals surface area contributed by atoms with Crippen molar-refractivity contribution in [2.24, 2.45) is 17.8 Å². The van der Waals surface area contributed by atoms with E-state index in [9.17, 15) is 0 Å². The maximum absolute atomic E-state index is 5.10. The normalized spacial score (nSPS) is 29.6. The van der Waals surface area contributed by atoms with Crippen LogP contribution < -0.4 is 0 Å². The molecule has 0 spiro atoms. The first kappa shape index (κ1) is 15.8. The van der Waals surface area contributed by atoms with Crippen LogP contribution in [-0.4, -0.2) is 35.2 Å². The van der Waals surface area contributed by atoms with Gasteiger partial charge in [0.1, 0.15) is 0 Å². The summed E-state index contributed by atoms with van der Waals surface area (Å²) in [4.78, 5) is 0. The van der Waals surface area contributed by atoms with Gasteiger partial charge in [-0.1, -0.05) is 26.7 Å². The molecule has 0 bridgehead atoms. The fourth-order valence-corrected chi connectivity index (χ4v) is 2.34. The van der Waals surface area contributed by atoms with E-state index in [1.807, 2.05) is 0 Å². The summed E-state index contributed by atoms with van der Waals surface area (Å²) in [6.07, 6.45) is 4.12. The minimum atomic E-state index is -0.637. The average Bonchev–Trinajstić information content (AvgIpc) is 2.43. The van der Waals surface area contributed by atoms with Crippen LogP contribution in [0.25, 0.3) is 0 Å². The van der Waals surface area contributed by atoms with E-state index in [4.69, 9.17) is 4.74 Å². The monoisotopic (exact) mass is 316 g/mol. The summed E-state index contributed by atoms with van der Waals surface area (Å²) in [5, 5.41) is 0. The Morgan fingerprint density at radius 1 is 1.07 bits per heavy atom. The van der Waals surface area contributed by atoms with Crippen LogP contribution >= 0.6 is 0 Å². The topological polar surface area (TPSA) is 9.23 Å². The molecule has 15 heavy (non-hydrogen) atoms. The molecule has 0 aromatic rings. The molecule has 1 nitrogen and oxygen atoms in total. The van der Waals surface area contributed by atoms with Gasteiger partial charge in [-0.2, -0.15) is 0 Å². The van der Waals surface area contributed by atoms with Crippen LogP contribution in [0, 0.1) is 17.8 Å².